The molecule has 2 aromatic rings. The summed E-state index contributed by atoms with van der Waals surface area (Å²) in [7, 11) is 0. The topological polar surface area (TPSA) is 69.1 Å². The minimum absolute atomic E-state index is 0.0545. The molecule has 4 heteroatoms. The number of rotatable bonds is 2. The van der Waals surface area contributed by atoms with Gasteiger partial charge in [0.25, 0.3) is 0 Å². The van der Waals surface area contributed by atoms with Gasteiger partial charge in [-0.15, -0.1) is 0 Å². The largest absolute Gasteiger partial charge is 0.367 e. The van der Waals surface area contributed by atoms with Crippen LogP contribution in [0.4, 0.5) is 5.88 Å². The molecule has 2 N–H and O–H groups in total. The van der Waals surface area contributed by atoms with E-state index in [1.54, 1.807) is 0 Å². The van der Waals surface area contributed by atoms with Crippen molar-refractivity contribution in [2.75, 3.05) is 5.73 Å². The number of aldehydes is 1. The first kappa shape index (κ1) is 8.50. The van der Waals surface area contributed by atoms with Crippen molar-refractivity contribution in [2.45, 2.75) is 0 Å². The second kappa shape index (κ2) is 3.33. The summed E-state index contributed by atoms with van der Waals surface area (Å²) in [5, 5.41) is 3.73. The Morgan fingerprint density at radius 3 is 2.64 bits per heavy atom. The fourth-order valence-electron chi connectivity index (χ4n) is 1.23. The maximum Gasteiger partial charge on any atom is 0.233 e. The maximum absolute atomic E-state index is 10.7. The molecule has 0 bridgehead atoms. The number of anilines is 1. The van der Waals surface area contributed by atoms with E-state index in [0.717, 1.165) is 5.56 Å². The van der Waals surface area contributed by atoms with Gasteiger partial charge in [0.1, 0.15) is 11.3 Å². The molecule has 2 rings (SSSR count). The number of carbonyl (C=O) groups excluding carboxylic acids is 1. The van der Waals surface area contributed by atoms with E-state index >= 15 is 0 Å². The molecule has 0 amide bonds. The lowest BCUT2D eigenvalue weighted by atomic mass is 10.1. The minimum Gasteiger partial charge on any atom is -0.367 e. The molecule has 1 aromatic heterocycles. The predicted molar refractivity (Wildman–Crippen MR) is 51.7 cm³/mol. The summed E-state index contributed by atoms with van der Waals surface area (Å²) in [5.41, 5.74) is 7.03. The molecular weight excluding hydrogens is 180 g/mol. The Hall–Kier alpha value is -2.10. The zero-order chi connectivity index (χ0) is 9.97. The van der Waals surface area contributed by atoms with Crippen LogP contribution in [0, 0.1) is 0 Å². The molecule has 0 saturated carbocycles. The van der Waals surface area contributed by atoms with Crippen molar-refractivity contribution < 1.29 is 9.32 Å². The van der Waals surface area contributed by atoms with Crippen LogP contribution in [0.2, 0.25) is 0 Å². The van der Waals surface area contributed by atoms with Crippen LogP contribution in [0.15, 0.2) is 34.9 Å². The number of benzene rings is 1. The summed E-state index contributed by atoms with van der Waals surface area (Å²) in [4.78, 5) is 10.7. The highest BCUT2D eigenvalue weighted by Crippen LogP contribution is 2.24. The maximum atomic E-state index is 10.7. The van der Waals surface area contributed by atoms with Crippen LogP contribution in [0.5, 0.6) is 0 Å². The van der Waals surface area contributed by atoms with Crippen molar-refractivity contribution in [3.63, 3.8) is 0 Å². The Labute approximate surface area is 80.3 Å². The van der Waals surface area contributed by atoms with Crippen molar-refractivity contribution in [1.82, 2.24) is 5.16 Å². The zero-order valence-corrected chi connectivity index (χ0v) is 7.31. The highest BCUT2D eigenvalue weighted by Gasteiger charge is 2.13. The average molecular weight is 188 g/mol. The van der Waals surface area contributed by atoms with Gasteiger partial charge in [0, 0.05) is 5.56 Å². The Kier molecular flexibility index (Phi) is 2.02. The normalized spacial score (nSPS) is 10.0. The highest BCUT2D eigenvalue weighted by molar-refractivity contribution is 5.90. The lowest BCUT2D eigenvalue weighted by Crippen LogP contribution is -1.89. The third-order valence-corrected chi connectivity index (χ3v) is 1.92. The molecule has 1 aromatic carbocycles. The van der Waals surface area contributed by atoms with Crippen molar-refractivity contribution in [3.05, 3.63) is 35.9 Å². The van der Waals surface area contributed by atoms with Gasteiger partial charge in [0.15, 0.2) is 6.29 Å². The molecule has 0 radical (unpaired) electrons. The lowest BCUT2D eigenvalue weighted by Gasteiger charge is -1.94. The molecule has 0 unspecified atom stereocenters. The molecule has 0 fully saturated rings. The van der Waals surface area contributed by atoms with Gasteiger partial charge in [-0.3, -0.25) is 4.79 Å². The van der Waals surface area contributed by atoms with Gasteiger partial charge < -0.3 is 10.3 Å². The molecule has 0 saturated heterocycles. The number of nitrogens with two attached hydrogens (primary N) is 1. The number of hydrogen-bond acceptors (Lipinski definition) is 4. The van der Waals surface area contributed by atoms with Crippen molar-refractivity contribution in [3.8, 4) is 11.3 Å². The van der Waals surface area contributed by atoms with Gasteiger partial charge in [-0.2, -0.15) is 0 Å². The van der Waals surface area contributed by atoms with Crippen LogP contribution in [0.3, 0.4) is 0 Å². The van der Waals surface area contributed by atoms with Gasteiger partial charge in [0.2, 0.25) is 5.88 Å². The van der Waals surface area contributed by atoms with Crippen LogP contribution in [-0.4, -0.2) is 11.4 Å². The summed E-state index contributed by atoms with van der Waals surface area (Å²) in [6, 6.07) is 9.27. The van der Waals surface area contributed by atoms with Crippen molar-refractivity contribution in [1.29, 1.82) is 0 Å². The Balaban J connectivity index is 2.57. The van der Waals surface area contributed by atoms with Crippen LogP contribution in [-0.2, 0) is 0 Å². The van der Waals surface area contributed by atoms with E-state index < -0.39 is 0 Å². The monoisotopic (exact) mass is 188 g/mol. The second-order valence-corrected chi connectivity index (χ2v) is 2.79. The van der Waals surface area contributed by atoms with Crippen LogP contribution < -0.4 is 5.73 Å². The average Bonchev–Trinajstić information content (AvgIpc) is 2.61. The summed E-state index contributed by atoms with van der Waals surface area (Å²) in [6.45, 7) is 0. The van der Waals surface area contributed by atoms with Crippen LogP contribution >= 0.6 is 0 Å². The number of nitrogen functional groups attached to an aromatic ring is 1. The molecule has 0 aliphatic carbocycles. The summed E-state index contributed by atoms with van der Waals surface area (Å²) < 4.78 is 4.74. The van der Waals surface area contributed by atoms with Crippen molar-refractivity contribution >= 4 is 12.2 Å². The fraction of sp³-hybridized carbons (Fsp3) is 0. The van der Waals surface area contributed by atoms with Crippen molar-refractivity contribution in [2.24, 2.45) is 0 Å². The Morgan fingerprint density at radius 2 is 2.00 bits per heavy atom. The zero-order valence-electron chi connectivity index (χ0n) is 7.31. The minimum atomic E-state index is 0.0545. The highest BCUT2D eigenvalue weighted by atomic mass is 16.5. The number of nitrogens with zero attached hydrogens (tertiary/aromatic N) is 1. The molecular formula is C10H8N2O2. The van der Waals surface area contributed by atoms with E-state index in [1.807, 2.05) is 30.3 Å². The number of carbonyl (C=O) groups is 1. The first-order valence-electron chi connectivity index (χ1n) is 4.08. The molecule has 70 valence electrons. The quantitative estimate of drug-likeness (QED) is 0.728. The van der Waals surface area contributed by atoms with Crippen LogP contribution in [0.25, 0.3) is 11.3 Å². The summed E-state index contributed by atoms with van der Waals surface area (Å²) >= 11 is 0. The molecule has 0 aliphatic rings. The Bertz CT molecular complexity index is 448. The van der Waals surface area contributed by atoms with Gasteiger partial charge in [-0.1, -0.05) is 35.5 Å². The van der Waals surface area contributed by atoms with E-state index in [-0.39, 0.29) is 5.88 Å². The standard InChI is InChI=1S/C10H8N2O2/c11-10-8(6-13)9(12-14-10)7-4-2-1-3-5-7/h1-6H,11H2. The second-order valence-electron chi connectivity index (χ2n) is 2.79. The number of aromatic nitrogens is 1. The van der Waals surface area contributed by atoms with E-state index in [1.165, 1.54) is 0 Å². The van der Waals surface area contributed by atoms with E-state index in [9.17, 15) is 4.79 Å². The summed E-state index contributed by atoms with van der Waals surface area (Å²) in [6.07, 6.45) is 0.647. The molecule has 0 aliphatic heterocycles. The lowest BCUT2D eigenvalue weighted by molar-refractivity contribution is 0.112. The van der Waals surface area contributed by atoms with Gasteiger partial charge in [-0.05, 0) is 0 Å². The SMILES string of the molecule is Nc1onc(-c2ccccc2)c1C=O. The molecule has 0 atom stereocenters. The van der Waals surface area contributed by atoms with Gasteiger partial charge in [0.05, 0.1) is 0 Å². The summed E-state index contributed by atoms with van der Waals surface area (Å²) in [5.74, 6) is 0.0545. The molecule has 4 nitrogen and oxygen atoms in total. The first-order chi connectivity index (χ1) is 6.83. The third-order valence-electron chi connectivity index (χ3n) is 1.92. The smallest absolute Gasteiger partial charge is 0.233 e. The van der Waals surface area contributed by atoms with Crippen LogP contribution in [0.1, 0.15) is 10.4 Å². The third kappa shape index (κ3) is 1.26. The molecule has 14 heavy (non-hydrogen) atoms. The van der Waals surface area contributed by atoms with E-state index in [4.69, 9.17) is 10.3 Å². The molecule has 1 heterocycles. The number of hydrogen-bond donors (Lipinski definition) is 1. The van der Waals surface area contributed by atoms with Gasteiger partial charge in [-0.25, -0.2) is 0 Å². The van der Waals surface area contributed by atoms with Gasteiger partial charge >= 0.3 is 0 Å². The fourth-order valence-corrected chi connectivity index (χ4v) is 1.23. The predicted octanol–water partition coefficient (Wildman–Crippen LogP) is 1.74. The van der Waals surface area contributed by atoms with E-state index in [0.29, 0.717) is 17.5 Å². The molecule has 0 spiro atoms. The first-order valence-corrected chi connectivity index (χ1v) is 4.08. The Morgan fingerprint density at radius 1 is 1.29 bits per heavy atom. The van der Waals surface area contributed by atoms with E-state index in [2.05, 4.69) is 5.16 Å².